The van der Waals surface area contributed by atoms with Gasteiger partial charge in [0.2, 0.25) is 0 Å². The molecule has 0 aliphatic rings. The molecule has 108 valence electrons. The van der Waals surface area contributed by atoms with Crippen molar-refractivity contribution in [2.75, 3.05) is 20.5 Å². The first-order valence-electron chi connectivity index (χ1n) is 5.53. The van der Waals surface area contributed by atoms with Crippen molar-refractivity contribution < 1.29 is 27.4 Å². The Morgan fingerprint density at radius 3 is 2.21 bits per heavy atom. The summed E-state index contributed by atoms with van der Waals surface area (Å²) >= 11 is 0. The minimum absolute atomic E-state index is 0.116. The van der Waals surface area contributed by atoms with E-state index in [4.69, 9.17) is 9.47 Å². The van der Waals surface area contributed by atoms with Crippen molar-refractivity contribution in [2.24, 2.45) is 0 Å². The minimum Gasteiger partial charge on any atom is -0.493 e. The van der Waals surface area contributed by atoms with Crippen molar-refractivity contribution in [3.63, 3.8) is 0 Å². The normalized spacial score (nSPS) is 13.2. The average Bonchev–Trinajstić information content (AvgIpc) is 2.25. The van der Waals surface area contributed by atoms with Crippen LogP contribution in [0.15, 0.2) is 11.0 Å². The van der Waals surface area contributed by atoms with E-state index in [1.165, 1.54) is 21.1 Å². The summed E-state index contributed by atoms with van der Waals surface area (Å²) in [5, 5.41) is 9.37. The summed E-state index contributed by atoms with van der Waals surface area (Å²) in [7, 11) is -1.24. The lowest BCUT2D eigenvalue weighted by Gasteiger charge is -2.17. The predicted octanol–water partition coefficient (Wildman–Crippen LogP) is 1.17. The first kappa shape index (κ1) is 15.7. The SMILES string of the molecule is COc1c(CC(C)O)cc(F)c(S(C)(=O)=O)c1OC. The molecule has 7 heteroatoms. The summed E-state index contributed by atoms with van der Waals surface area (Å²) in [5.74, 6) is -0.985. The van der Waals surface area contributed by atoms with Gasteiger partial charge in [0.15, 0.2) is 21.3 Å². The molecule has 5 nitrogen and oxygen atoms in total. The van der Waals surface area contributed by atoms with Gasteiger partial charge in [-0.2, -0.15) is 0 Å². The second-order valence-corrected chi connectivity index (χ2v) is 6.19. The molecule has 0 amide bonds. The summed E-state index contributed by atoms with van der Waals surface area (Å²) in [5.41, 5.74) is 0.347. The van der Waals surface area contributed by atoms with E-state index in [1.807, 2.05) is 0 Å². The van der Waals surface area contributed by atoms with Crippen LogP contribution < -0.4 is 9.47 Å². The van der Waals surface area contributed by atoms with Crippen LogP contribution in [0.1, 0.15) is 12.5 Å². The molecule has 1 N–H and O–H groups in total. The van der Waals surface area contributed by atoms with Crippen LogP contribution in [0, 0.1) is 5.82 Å². The van der Waals surface area contributed by atoms with Crippen molar-refractivity contribution in [3.05, 3.63) is 17.4 Å². The van der Waals surface area contributed by atoms with Gasteiger partial charge < -0.3 is 14.6 Å². The maximum absolute atomic E-state index is 14.0. The fourth-order valence-corrected chi connectivity index (χ4v) is 2.79. The third kappa shape index (κ3) is 3.36. The zero-order chi connectivity index (χ0) is 14.8. The van der Waals surface area contributed by atoms with Gasteiger partial charge in [0.1, 0.15) is 10.7 Å². The first-order valence-corrected chi connectivity index (χ1v) is 7.43. The minimum atomic E-state index is -3.80. The Hall–Kier alpha value is -1.34. The number of rotatable bonds is 5. The quantitative estimate of drug-likeness (QED) is 0.882. The van der Waals surface area contributed by atoms with Crippen LogP contribution in [0.25, 0.3) is 0 Å². The van der Waals surface area contributed by atoms with Gasteiger partial charge in [0, 0.05) is 18.2 Å². The Balaban J connectivity index is 3.63. The monoisotopic (exact) mass is 292 g/mol. The molecule has 19 heavy (non-hydrogen) atoms. The summed E-state index contributed by atoms with van der Waals surface area (Å²) in [6.07, 6.45) is 0.296. The zero-order valence-electron chi connectivity index (χ0n) is 11.2. The summed E-state index contributed by atoms with van der Waals surface area (Å²) in [6, 6.07) is 1.05. The van der Waals surface area contributed by atoms with Gasteiger partial charge in [0.05, 0.1) is 20.3 Å². The van der Waals surface area contributed by atoms with Crippen molar-refractivity contribution in [3.8, 4) is 11.5 Å². The molecular formula is C12H17FO5S. The summed E-state index contributed by atoms with van der Waals surface area (Å²) in [4.78, 5) is -0.541. The number of sulfone groups is 1. The highest BCUT2D eigenvalue weighted by Gasteiger charge is 2.27. The first-order chi connectivity index (χ1) is 8.72. The van der Waals surface area contributed by atoms with Gasteiger partial charge in [-0.3, -0.25) is 0 Å². The highest BCUT2D eigenvalue weighted by molar-refractivity contribution is 7.90. The topological polar surface area (TPSA) is 72.8 Å². The fourth-order valence-electron chi connectivity index (χ4n) is 1.87. The second-order valence-electron chi connectivity index (χ2n) is 4.24. The van der Waals surface area contributed by atoms with Crippen molar-refractivity contribution >= 4 is 9.84 Å². The van der Waals surface area contributed by atoms with Gasteiger partial charge in [-0.15, -0.1) is 0 Å². The van der Waals surface area contributed by atoms with Gasteiger partial charge in [-0.05, 0) is 13.0 Å². The maximum atomic E-state index is 14.0. The van der Waals surface area contributed by atoms with E-state index < -0.39 is 26.7 Å². The number of benzene rings is 1. The predicted molar refractivity (Wildman–Crippen MR) is 68.0 cm³/mol. The van der Waals surface area contributed by atoms with E-state index >= 15 is 0 Å². The molecule has 1 atom stereocenters. The van der Waals surface area contributed by atoms with Crippen LogP contribution in [0.5, 0.6) is 11.5 Å². The largest absolute Gasteiger partial charge is 0.493 e. The smallest absolute Gasteiger partial charge is 0.182 e. The molecule has 0 radical (unpaired) electrons. The second kappa shape index (κ2) is 5.75. The van der Waals surface area contributed by atoms with E-state index in [9.17, 15) is 17.9 Å². The lowest BCUT2D eigenvalue weighted by Crippen LogP contribution is -2.11. The number of halogens is 1. The molecule has 0 aliphatic carbocycles. The van der Waals surface area contributed by atoms with E-state index in [2.05, 4.69) is 0 Å². The van der Waals surface area contributed by atoms with Gasteiger partial charge in [0.25, 0.3) is 0 Å². The molecule has 0 spiro atoms. The number of ether oxygens (including phenoxy) is 2. The molecule has 1 rings (SSSR count). The van der Waals surface area contributed by atoms with Gasteiger partial charge >= 0.3 is 0 Å². The third-order valence-corrected chi connectivity index (χ3v) is 3.64. The van der Waals surface area contributed by atoms with Crippen molar-refractivity contribution in [1.29, 1.82) is 0 Å². The third-order valence-electron chi connectivity index (χ3n) is 2.52. The van der Waals surface area contributed by atoms with Crippen LogP contribution in [0.3, 0.4) is 0 Å². The van der Waals surface area contributed by atoms with E-state index in [-0.39, 0.29) is 17.9 Å². The molecule has 0 bridgehead atoms. The van der Waals surface area contributed by atoms with Crippen LogP contribution in [-0.2, 0) is 16.3 Å². The molecular weight excluding hydrogens is 275 g/mol. The Kier molecular flexibility index (Phi) is 4.75. The Morgan fingerprint density at radius 1 is 1.32 bits per heavy atom. The highest BCUT2D eigenvalue weighted by Crippen LogP contribution is 2.39. The molecule has 0 heterocycles. The molecule has 0 fully saturated rings. The molecule has 0 aromatic heterocycles. The number of hydrogen-bond acceptors (Lipinski definition) is 5. The van der Waals surface area contributed by atoms with Crippen molar-refractivity contribution in [2.45, 2.75) is 24.3 Å². The molecule has 1 aromatic rings. The van der Waals surface area contributed by atoms with E-state index in [0.29, 0.717) is 5.56 Å². The number of aliphatic hydroxyl groups is 1. The zero-order valence-corrected chi connectivity index (χ0v) is 12.0. The van der Waals surface area contributed by atoms with Gasteiger partial charge in [-0.25, -0.2) is 12.8 Å². The number of hydrogen-bond donors (Lipinski definition) is 1. The summed E-state index contributed by atoms with van der Waals surface area (Å²) < 4.78 is 47.2. The summed E-state index contributed by atoms with van der Waals surface area (Å²) in [6.45, 7) is 1.54. The molecule has 0 saturated carbocycles. The molecule has 0 aliphatic heterocycles. The lowest BCUT2D eigenvalue weighted by molar-refractivity contribution is 0.193. The fraction of sp³-hybridized carbons (Fsp3) is 0.500. The van der Waals surface area contributed by atoms with Gasteiger partial charge in [-0.1, -0.05) is 0 Å². The molecule has 1 aromatic carbocycles. The Morgan fingerprint density at radius 2 is 1.84 bits per heavy atom. The van der Waals surface area contributed by atoms with Crippen LogP contribution in [-0.4, -0.2) is 40.1 Å². The number of aliphatic hydroxyl groups excluding tert-OH is 1. The number of methoxy groups -OCH3 is 2. The maximum Gasteiger partial charge on any atom is 0.182 e. The Bertz CT molecular complexity index is 566. The van der Waals surface area contributed by atoms with Crippen LogP contribution in [0.2, 0.25) is 0 Å². The standard InChI is InChI=1S/C12H17FO5S/c1-7(14)5-8-6-9(13)12(19(4,15)16)11(18-3)10(8)17-2/h6-7,14H,5H2,1-4H3. The average molecular weight is 292 g/mol. The Labute approximate surface area is 111 Å². The highest BCUT2D eigenvalue weighted by atomic mass is 32.2. The van der Waals surface area contributed by atoms with Crippen molar-refractivity contribution in [1.82, 2.24) is 0 Å². The van der Waals surface area contributed by atoms with E-state index in [0.717, 1.165) is 12.3 Å². The molecule has 1 unspecified atom stereocenters. The van der Waals surface area contributed by atoms with E-state index in [1.54, 1.807) is 0 Å². The molecule has 0 saturated heterocycles. The van der Waals surface area contributed by atoms with Crippen LogP contribution in [0.4, 0.5) is 4.39 Å². The van der Waals surface area contributed by atoms with Crippen LogP contribution >= 0.6 is 0 Å². The lowest BCUT2D eigenvalue weighted by atomic mass is 10.1.